The first-order valence-corrected chi connectivity index (χ1v) is 5.76. The lowest BCUT2D eigenvalue weighted by molar-refractivity contribution is 0.539. The smallest absolute Gasteiger partial charge is 0.118 e. The zero-order valence-electron chi connectivity index (χ0n) is 8.36. The Morgan fingerprint density at radius 2 is 2.00 bits per heavy atom. The number of hydrogen-bond acceptors (Lipinski definition) is 1. The highest BCUT2D eigenvalue weighted by molar-refractivity contribution is 14.1. The van der Waals surface area contributed by atoms with Crippen molar-refractivity contribution in [2.24, 2.45) is 0 Å². The molecule has 0 atom stereocenters. The van der Waals surface area contributed by atoms with Gasteiger partial charge < -0.3 is 0 Å². The van der Waals surface area contributed by atoms with E-state index in [4.69, 9.17) is 11.6 Å². The van der Waals surface area contributed by atoms with E-state index in [1.165, 1.54) is 0 Å². The molecule has 0 aliphatic heterocycles. The summed E-state index contributed by atoms with van der Waals surface area (Å²) >= 11 is 8.42. The van der Waals surface area contributed by atoms with Crippen LogP contribution in [0.2, 0.25) is 5.02 Å². The molecule has 0 aromatic carbocycles. The molecule has 0 radical (unpaired) electrons. The summed E-state index contributed by atoms with van der Waals surface area (Å²) in [6, 6.07) is 0. The molecule has 4 heteroatoms. The molecular formula is C9H14ClIN2. The predicted octanol–water partition coefficient (Wildman–Crippen LogP) is 3.46. The normalized spacial score (nSPS) is 12.2. The first-order valence-electron chi connectivity index (χ1n) is 4.30. The van der Waals surface area contributed by atoms with E-state index in [2.05, 4.69) is 55.4 Å². The van der Waals surface area contributed by atoms with Gasteiger partial charge in [0.1, 0.15) is 3.70 Å². The van der Waals surface area contributed by atoms with Crippen LogP contribution in [-0.2, 0) is 12.0 Å². The quantitative estimate of drug-likeness (QED) is 0.726. The van der Waals surface area contributed by atoms with E-state index in [0.29, 0.717) is 0 Å². The zero-order chi connectivity index (χ0) is 10.2. The van der Waals surface area contributed by atoms with Crippen LogP contribution in [0.4, 0.5) is 0 Å². The van der Waals surface area contributed by atoms with Crippen LogP contribution < -0.4 is 0 Å². The largest absolute Gasteiger partial charge is 0.258 e. The Hall–Kier alpha value is 0.230. The van der Waals surface area contributed by atoms with Crippen molar-refractivity contribution in [3.63, 3.8) is 0 Å². The molecule has 1 aromatic rings. The van der Waals surface area contributed by atoms with Crippen molar-refractivity contribution in [2.45, 2.75) is 39.7 Å². The van der Waals surface area contributed by atoms with E-state index in [-0.39, 0.29) is 5.41 Å². The number of aryl methyl sites for hydroxylation is 1. The van der Waals surface area contributed by atoms with Crippen molar-refractivity contribution < 1.29 is 0 Å². The van der Waals surface area contributed by atoms with Crippen molar-refractivity contribution in [2.75, 3.05) is 0 Å². The molecule has 13 heavy (non-hydrogen) atoms. The van der Waals surface area contributed by atoms with E-state index in [0.717, 1.165) is 21.0 Å². The molecule has 0 N–H and O–H groups in total. The third kappa shape index (κ3) is 2.18. The fourth-order valence-corrected chi connectivity index (χ4v) is 2.23. The molecule has 0 aliphatic carbocycles. The first kappa shape index (κ1) is 11.3. The Morgan fingerprint density at radius 1 is 1.46 bits per heavy atom. The minimum atomic E-state index is 0.0252. The minimum Gasteiger partial charge on any atom is -0.258 e. The summed E-state index contributed by atoms with van der Waals surface area (Å²) in [5.74, 6) is 0. The second kappa shape index (κ2) is 3.77. The van der Waals surface area contributed by atoms with Gasteiger partial charge in [-0.05, 0) is 29.5 Å². The average Bonchev–Trinajstić information content (AvgIpc) is 2.28. The predicted molar refractivity (Wildman–Crippen MR) is 64.3 cm³/mol. The summed E-state index contributed by atoms with van der Waals surface area (Å²) in [6.07, 6.45) is 0. The van der Waals surface area contributed by atoms with E-state index >= 15 is 0 Å². The summed E-state index contributed by atoms with van der Waals surface area (Å²) < 4.78 is 2.97. The van der Waals surface area contributed by atoms with Gasteiger partial charge in [-0.1, -0.05) is 32.4 Å². The third-order valence-electron chi connectivity index (χ3n) is 1.85. The average molecular weight is 313 g/mol. The molecule has 1 aromatic heterocycles. The zero-order valence-corrected chi connectivity index (χ0v) is 11.3. The summed E-state index contributed by atoms with van der Waals surface area (Å²) in [7, 11) is 0. The standard InChI is InChI=1S/C9H14ClIN2/c1-5-13-8(11)6(10)7(12-13)9(2,3)4/h5H2,1-4H3. The lowest BCUT2D eigenvalue weighted by atomic mass is 9.93. The van der Waals surface area contributed by atoms with Gasteiger partial charge >= 0.3 is 0 Å². The van der Waals surface area contributed by atoms with Gasteiger partial charge in [0.15, 0.2) is 0 Å². The molecule has 1 rings (SSSR count). The summed E-state index contributed by atoms with van der Waals surface area (Å²) in [5.41, 5.74) is 1.01. The van der Waals surface area contributed by atoms with Gasteiger partial charge in [-0.15, -0.1) is 0 Å². The van der Waals surface area contributed by atoms with Crippen LogP contribution in [0.25, 0.3) is 0 Å². The van der Waals surface area contributed by atoms with Crippen LogP contribution in [0.3, 0.4) is 0 Å². The topological polar surface area (TPSA) is 17.8 Å². The molecule has 0 saturated heterocycles. The van der Waals surface area contributed by atoms with Crippen molar-refractivity contribution in [1.82, 2.24) is 9.78 Å². The van der Waals surface area contributed by atoms with Gasteiger partial charge in [0, 0.05) is 12.0 Å². The van der Waals surface area contributed by atoms with Gasteiger partial charge in [0.25, 0.3) is 0 Å². The van der Waals surface area contributed by atoms with Crippen LogP contribution in [0.1, 0.15) is 33.4 Å². The first-order chi connectivity index (χ1) is 5.88. The van der Waals surface area contributed by atoms with Gasteiger partial charge in [-0.25, -0.2) is 0 Å². The Labute approximate surface area is 97.8 Å². The van der Waals surface area contributed by atoms with Crippen molar-refractivity contribution in [1.29, 1.82) is 0 Å². The third-order valence-corrected chi connectivity index (χ3v) is 3.62. The second-order valence-electron chi connectivity index (χ2n) is 4.02. The highest BCUT2D eigenvalue weighted by Crippen LogP contribution is 2.31. The summed E-state index contributed by atoms with van der Waals surface area (Å²) in [5, 5.41) is 5.28. The number of nitrogens with zero attached hydrogens (tertiary/aromatic N) is 2. The van der Waals surface area contributed by atoms with Gasteiger partial charge in [0.05, 0.1) is 10.7 Å². The van der Waals surface area contributed by atoms with Crippen molar-refractivity contribution >= 4 is 34.2 Å². The summed E-state index contributed by atoms with van der Waals surface area (Å²) in [4.78, 5) is 0. The van der Waals surface area contributed by atoms with Crippen LogP contribution in [0.5, 0.6) is 0 Å². The second-order valence-corrected chi connectivity index (χ2v) is 5.42. The molecule has 0 amide bonds. The molecule has 74 valence electrons. The van der Waals surface area contributed by atoms with E-state index in [1.807, 2.05) is 4.68 Å². The molecule has 2 nitrogen and oxygen atoms in total. The highest BCUT2D eigenvalue weighted by atomic mass is 127. The number of rotatable bonds is 1. The SMILES string of the molecule is CCn1nc(C(C)(C)C)c(Cl)c1I. The van der Waals surface area contributed by atoms with Gasteiger partial charge in [0.2, 0.25) is 0 Å². The van der Waals surface area contributed by atoms with Crippen LogP contribution in [0, 0.1) is 3.70 Å². The number of aromatic nitrogens is 2. The minimum absolute atomic E-state index is 0.0252. The summed E-state index contributed by atoms with van der Waals surface area (Å²) in [6.45, 7) is 9.30. The van der Waals surface area contributed by atoms with Crippen LogP contribution in [0.15, 0.2) is 0 Å². The van der Waals surface area contributed by atoms with Crippen molar-refractivity contribution in [3.8, 4) is 0 Å². The Kier molecular flexibility index (Phi) is 3.28. The Bertz CT molecular complexity index is 312. The maximum absolute atomic E-state index is 6.19. The lowest BCUT2D eigenvalue weighted by Crippen LogP contribution is -2.13. The maximum atomic E-state index is 6.19. The van der Waals surface area contributed by atoms with Crippen LogP contribution in [-0.4, -0.2) is 9.78 Å². The van der Waals surface area contributed by atoms with E-state index in [1.54, 1.807) is 0 Å². The molecule has 0 aliphatic rings. The number of halogens is 2. The fraction of sp³-hybridized carbons (Fsp3) is 0.667. The van der Waals surface area contributed by atoms with E-state index < -0.39 is 0 Å². The lowest BCUT2D eigenvalue weighted by Gasteiger charge is -2.15. The Morgan fingerprint density at radius 3 is 2.23 bits per heavy atom. The van der Waals surface area contributed by atoms with E-state index in [9.17, 15) is 0 Å². The molecule has 0 unspecified atom stereocenters. The fourth-order valence-electron chi connectivity index (χ4n) is 1.11. The molecule has 0 saturated carbocycles. The van der Waals surface area contributed by atoms with Gasteiger partial charge in [-0.3, -0.25) is 4.68 Å². The maximum Gasteiger partial charge on any atom is 0.118 e. The monoisotopic (exact) mass is 312 g/mol. The highest BCUT2D eigenvalue weighted by Gasteiger charge is 2.24. The molecule has 0 spiro atoms. The molecule has 1 heterocycles. The Balaban J connectivity index is 3.25. The molecular weight excluding hydrogens is 298 g/mol. The van der Waals surface area contributed by atoms with Crippen LogP contribution >= 0.6 is 34.2 Å². The molecule has 0 bridgehead atoms. The molecule has 0 fully saturated rings. The van der Waals surface area contributed by atoms with Crippen molar-refractivity contribution in [3.05, 3.63) is 14.4 Å². The number of hydrogen-bond donors (Lipinski definition) is 0. The van der Waals surface area contributed by atoms with Gasteiger partial charge in [-0.2, -0.15) is 5.10 Å².